The van der Waals surface area contributed by atoms with Gasteiger partial charge >= 0.3 is 0 Å². The minimum atomic E-state index is -0.195. The van der Waals surface area contributed by atoms with Gasteiger partial charge in [0.15, 0.2) is 0 Å². The number of aromatic nitrogens is 1. The standard InChI is InChI=1S/C16H23N3O/c1-11(2)9-19-16(20)12(3)18-10-14-6-4-5-13-7-8-17-15(13)14/h4-8,11-12,17-18H,9-10H2,1-3H3,(H,19,20). The first-order chi connectivity index (χ1) is 9.58. The summed E-state index contributed by atoms with van der Waals surface area (Å²) in [7, 11) is 0. The van der Waals surface area contributed by atoms with Crippen LogP contribution in [-0.2, 0) is 11.3 Å². The second-order valence-electron chi connectivity index (χ2n) is 5.60. The Hall–Kier alpha value is -1.81. The minimum absolute atomic E-state index is 0.0531. The molecule has 2 rings (SSSR count). The number of carbonyl (C=O) groups excluding carboxylic acids is 1. The molecule has 4 nitrogen and oxygen atoms in total. The van der Waals surface area contributed by atoms with Gasteiger partial charge in [-0.15, -0.1) is 0 Å². The van der Waals surface area contributed by atoms with Crippen molar-refractivity contribution in [3.63, 3.8) is 0 Å². The Bertz CT molecular complexity index is 574. The maximum absolute atomic E-state index is 11.9. The lowest BCUT2D eigenvalue weighted by Crippen LogP contribution is -2.42. The molecule has 0 aliphatic heterocycles. The van der Waals surface area contributed by atoms with Gasteiger partial charge in [-0.1, -0.05) is 32.0 Å². The average molecular weight is 273 g/mol. The summed E-state index contributed by atoms with van der Waals surface area (Å²) in [5.74, 6) is 0.524. The Kier molecular flexibility index (Phi) is 4.79. The maximum atomic E-state index is 11.9. The van der Waals surface area contributed by atoms with E-state index in [9.17, 15) is 4.79 Å². The molecule has 108 valence electrons. The zero-order valence-corrected chi connectivity index (χ0v) is 12.4. The van der Waals surface area contributed by atoms with E-state index in [0.29, 0.717) is 12.5 Å². The molecule has 0 spiro atoms. The van der Waals surface area contributed by atoms with E-state index in [-0.39, 0.29) is 11.9 Å². The fraction of sp³-hybridized carbons (Fsp3) is 0.438. The van der Waals surface area contributed by atoms with Crippen molar-refractivity contribution >= 4 is 16.8 Å². The Morgan fingerprint density at radius 1 is 1.25 bits per heavy atom. The van der Waals surface area contributed by atoms with Crippen molar-refractivity contribution in [2.24, 2.45) is 5.92 Å². The summed E-state index contributed by atoms with van der Waals surface area (Å²) in [5, 5.41) is 7.41. The molecule has 2 aromatic rings. The van der Waals surface area contributed by atoms with Crippen LogP contribution in [0.1, 0.15) is 26.3 Å². The van der Waals surface area contributed by atoms with E-state index in [0.717, 1.165) is 12.1 Å². The topological polar surface area (TPSA) is 56.9 Å². The molecule has 20 heavy (non-hydrogen) atoms. The molecule has 1 aromatic carbocycles. The smallest absolute Gasteiger partial charge is 0.236 e. The number of para-hydroxylation sites is 1. The number of aromatic amines is 1. The summed E-state index contributed by atoms with van der Waals surface area (Å²) >= 11 is 0. The number of hydrogen-bond acceptors (Lipinski definition) is 2. The largest absolute Gasteiger partial charge is 0.361 e. The number of fused-ring (bicyclic) bond motifs is 1. The SMILES string of the molecule is CC(C)CNC(=O)C(C)NCc1cccc2cc[nH]c12. The highest BCUT2D eigenvalue weighted by molar-refractivity contribution is 5.83. The Morgan fingerprint density at radius 2 is 2.05 bits per heavy atom. The van der Waals surface area contributed by atoms with Crippen LogP contribution in [0.25, 0.3) is 10.9 Å². The van der Waals surface area contributed by atoms with Crippen LogP contribution in [0.2, 0.25) is 0 Å². The van der Waals surface area contributed by atoms with Crippen LogP contribution in [0.15, 0.2) is 30.5 Å². The molecule has 0 saturated heterocycles. The van der Waals surface area contributed by atoms with E-state index in [1.165, 1.54) is 10.9 Å². The van der Waals surface area contributed by atoms with Gasteiger partial charge in [0.1, 0.15) is 0 Å². The van der Waals surface area contributed by atoms with Crippen LogP contribution in [0.4, 0.5) is 0 Å². The third kappa shape index (κ3) is 3.61. The van der Waals surface area contributed by atoms with E-state index >= 15 is 0 Å². The van der Waals surface area contributed by atoms with Crippen LogP contribution in [0, 0.1) is 5.92 Å². The first-order valence-electron chi connectivity index (χ1n) is 7.14. The third-order valence-electron chi connectivity index (χ3n) is 3.35. The quantitative estimate of drug-likeness (QED) is 0.757. The average Bonchev–Trinajstić information content (AvgIpc) is 2.90. The molecule has 1 aromatic heterocycles. The predicted molar refractivity (Wildman–Crippen MR) is 82.4 cm³/mol. The Balaban J connectivity index is 1.91. The molecule has 0 fully saturated rings. The lowest BCUT2D eigenvalue weighted by atomic mass is 10.1. The van der Waals surface area contributed by atoms with Gasteiger partial charge in [0.05, 0.1) is 6.04 Å². The van der Waals surface area contributed by atoms with E-state index in [1.807, 2.05) is 19.2 Å². The van der Waals surface area contributed by atoms with Gasteiger partial charge in [-0.2, -0.15) is 0 Å². The number of nitrogens with one attached hydrogen (secondary N) is 3. The summed E-state index contributed by atoms with van der Waals surface area (Å²) in [4.78, 5) is 15.1. The third-order valence-corrected chi connectivity index (χ3v) is 3.35. The van der Waals surface area contributed by atoms with Crippen molar-refractivity contribution in [1.82, 2.24) is 15.6 Å². The molecule has 0 bridgehead atoms. The molecular formula is C16H23N3O. The summed E-state index contributed by atoms with van der Waals surface area (Å²) < 4.78 is 0. The highest BCUT2D eigenvalue weighted by atomic mass is 16.2. The summed E-state index contributed by atoms with van der Waals surface area (Å²) in [6.45, 7) is 7.46. The van der Waals surface area contributed by atoms with Gasteiger partial charge in [0, 0.05) is 24.8 Å². The van der Waals surface area contributed by atoms with Gasteiger partial charge in [-0.3, -0.25) is 4.79 Å². The second-order valence-corrected chi connectivity index (χ2v) is 5.60. The van der Waals surface area contributed by atoms with Crippen molar-refractivity contribution in [3.05, 3.63) is 36.0 Å². The lowest BCUT2D eigenvalue weighted by molar-refractivity contribution is -0.122. The van der Waals surface area contributed by atoms with Crippen LogP contribution in [0.3, 0.4) is 0 Å². The van der Waals surface area contributed by atoms with Crippen molar-refractivity contribution in [1.29, 1.82) is 0 Å². The zero-order chi connectivity index (χ0) is 14.5. The number of benzene rings is 1. The van der Waals surface area contributed by atoms with Crippen molar-refractivity contribution in [2.75, 3.05) is 6.54 Å². The fourth-order valence-electron chi connectivity index (χ4n) is 2.11. The molecule has 0 aliphatic carbocycles. The highest BCUT2D eigenvalue weighted by Gasteiger charge is 2.12. The maximum Gasteiger partial charge on any atom is 0.236 e. The molecule has 1 unspecified atom stereocenters. The van der Waals surface area contributed by atoms with Gasteiger partial charge in [0.2, 0.25) is 5.91 Å². The van der Waals surface area contributed by atoms with Crippen LogP contribution in [0.5, 0.6) is 0 Å². The molecular weight excluding hydrogens is 250 g/mol. The van der Waals surface area contributed by atoms with E-state index in [2.05, 4.69) is 47.7 Å². The molecule has 0 radical (unpaired) electrons. The van der Waals surface area contributed by atoms with Gasteiger partial charge in [0.25, 0.3) is 0 Å². The molecule has 3 N–H and O–H groups in total. The van der Waals surface area contributed by atoms with E-state index in [1.54, 1.807) is 0 Å². The Labute approximate surface area is 120 Å². The molecule has 1 amide bonds. The number of amides is 1. The summed E-state index contributed by atoms with van der Waals surface area (Å²) in [5.41, 5.74) is 2.31. The molecule has 1 atom stereocenters. The highest BCUT2D eigenvalue weighted by Crippen LogP contribution is 2.16. The lowest BCUT2D eigenvalue weighted by Gasteiger charge is -2.15. The molecule has 1 heterocycles. The van der Waals surface area contributed by atoms with Crippen LogP contribution in [-0.4, -0.2) is 23.5 Å². The monoisotopic (exact) mass is 273 g/mol. The molecule has 4 heteroatoms. The van der Waals surface area contributed by atoms with Gasteiger partial charge in [-0.25, -0.2) is 0 Å². The van der Waals surface area contributed by atoms with E-state index < -0.39 is 0 Å². The van der Waals surface area contributed by atoms with Gasteiger partial charge in [-0.05, 0) is 29.9 Å². The zero-order valence-electron chi connectivity index (χ0n) is 12.4. The van der Waals surface area contributed by atoms with Crippen molar-refractivity contribution < 1.29 is 4.79 Å². The van der Waals surface area contributed by atoms with Crippen molar-refractivity contribution in [3.8, 4) is 0 Å². The normalized spacial score (nSPS) is 12.8. The summed E-state index contributed by atoms with van der Waals surface area (Å²) in [6.07, 6.45) is 1.94. The molecule has 0 saturated carbocycles. The number of rotatable bonds is 6. The number of H-pyrrole nitrogens is 1. The van der Waals surface area contributed by atoms with Crippen molar-refractivity contribution in [2.45, 2.75) is 33.4 Å². The predicted octanol–water partition coefficient (Wildman–Crippen LogP) is 2.42. The van der Waals surface area contributed by atoms with Gasteiger partial charge < -0.3 is 15.6 Å². The second kappa shape index (κ2) is 6.57. The van der Waals surface area contributed by atoms with Crippen LogP contribution >= 0.6 is 0 Å². The fourth-order valence-corrected chi connectivity index (χ4v) is 2.11. The minimum Gasteiger partial charge on any atom is -0.361 e. The first-order valence-corrected chi connectivity index (χ1v) is 7.14. The first kappa shape index (κ1) is 14.6. The number of hydrogen-bond donors (Lipinski definition) is 3. The molecule has 0 aliphatic rings. The number of carbonyl (C=O) groups is 1. The van der Waals surface area contributed by atoms with Crippen LogP contribution < -0.4 is 10.6 Å². The van der Waals surface area contributed by atoms with E-state index in [4.69, 9.17) is 0 Å². The Morgan fingerprint density at radius 3 is 2.80 bits per heavy atom. The summed E-state index contributed by atoms with van der Waals surface area (Å²) in [6, 6.07) is 8.05.